The van der Waals surface area contributed by atoms with Gasteiger partial charge >= 0.3 is 13.9 Å². The molecule has 4 aliphatic rings. The summed E-state index contributed by atoms with van der Waals surface area (Å²) in [6.45, 7) is 13.7. The van der Waals surface area contributed by atoms with Crippen molar-refractivity contribution in [3.05, 3.63) is 150 Å². The second kappa shape index (κ2) is 11.8. The molecule has 0 unspecified atom stereocenters. The Kier molecular flexibility index (Phi) is 7.91. The quantitative estimate of drug-likeness (QED) is 0.144. The second-order valence-corrected chi connectivity index (χ2v) is 15.8. The van der Waals surface area contributed by atoms with Gasteiger partial charge in [-0.1, -0.05) is 73.5 Å². The molecule has 0 amide bonds. The fourth-order valence-electron chi connectivity index (χ4n) is 9.92. The van der Waals surface area contributed by atoms with Gasteiger partial charge in [-0.05, 0) is 127 Å². The standard InChI is InChI=1S/C44H48B2F4N4/c1-13-35-29(9)41-37(33-19-15-23(3)16-20-33)39-27(7)25(5)31(11)51(39)45(47,48)53(41)43(35)44-36(14-2)30(10)42-38(34-21-17-24(4)18-22-34)40-28(8)26(6)32(12)52(40)46(49,50)54(42)44/h15-22H,13-14H2,1-12H3. The third-order valence-corrected chi connectivity index (χ3v) is 13.1. The molecule has 0 spiro atoms. The molecule has 0 aliphatic carbocycles. The average molecular weight is 731 g/mol. The fraction of sp³-hybridized carbons (Fsp3) is 0.318. The minimum atomic E-state index is -4.54. The maximum absolute atomic E-state index is 18.1. The molecule has 0 saturated carbocycles. The van der Waals surface area contributed by atoms with Gasteiger partial charge in [-0.25, -0.2) is 0 Å². The summed E-state index contributed by atoms with van der Waals surface area (Å²) in [5, 5.41) is 0. The van der Waals surface area contributed by atoms with Crippen molar-refractivity contribution >= 4 is 36.5 Å². The lowest BCUT2D eigenvalue weighted by atomic mass is 9.83. The largest absolute Gasteiger partial charge is 0.737 e. The van der Waals surface area contributed by atoms with Crippen LogP contribution in [0.3, 0.4) is 0 Å². The highest BCUT2D eigenvalue weighted by molar-refractivity contribution is 6.65. The number of fused-ring (bicyclic) bond motifs is 4. The maximum Gasteiger partial charge on any atom is 0.737 e. The topological polar surface area (TPSA) is 15.9 Å². The van der Waals surface area contributed by atoms with Gasteiger partial charge in [0.2, 0.25) is 11.4 Å². The predicted molar refractivity (Wildman–Crippen MR) is 215 cm³/mol. The molecule has 0 fully saturated rings. The van der Waals surface area contributed by atoms with Gasteiger partial charge < -0.3 is 35.2 Å². The van der Waals surface area contributed by atoms with E-state index in [0.29, 0.717) is 80.5 Å². The molecule has 10 heteroatoms. The second-order valence-electron chi connectivity index (χ2n) is 15.8. The highest BCUT2D eigenvalue weighted by atomic mass is 19.3. The van der Waals surface area contributed by atoms with Crippen LogP contribution >= 0.6 is 0 Å². The molecule has 278 valence electrons. The summed E-state index contributed by atoms with van der Waals surface area (Å²) in [6.07, 6.45) is 0.782. The molecular formula is C44H48B2F4N4. The Labute approximate surface area is 316 Å². The first-order valence-corrected chi connectivity index (χ1v) is 19.2. The summed E-state index contributed by atoms with van der Waals surface area (Å²) in [6, 6.07) is 16.0. The van der Waals surface area contributed by atoms with Crippen molar-refractivity contribution in [3.63, 3.8) is 0 Å². The van der Waals surface area contributed by atoms with E-state index in [1.807, 2.05) is 118 Å². The van der Waals surface area contributed by atoms with E-state index in [1.54, 1.807) is 13.8 Å². The van der Waals surface area contributed by atoms with Gasteiger partial charge in [0.15, 0.2) is 11.4 Å². The molecule has 54 heavy (non-hydrogen) atoms. The molecule has 0 N–H and O–H groups in total. The Morgan fingerprint density at radius 2 is 0.796 bits per heavy atom. The first-order valence-electron chi connectivity index (χ1n) is 19.2. The van der Waals surface area contributed by atoms with Crippen molar-refractivity contribution in [1.29, 1.82) is 0 Å². The van der Waals surface area contributed by atoms with Gasteiger partial charge in [0.05, 0.1) is 11.1 Å². The van der Waals surface area contributed by atoms with Crippen LogP contribution in [-0.4, -0.2) is 43.3 Å². The van der Waals surface area contributed by atoms with E-state index in [0.717, 1.165) is 44.5 Å². The van der Waals surface area contributed by atoms with Crippen LogP contribution < -0.4 is 0 Å². The van der Waals surface area contributed by atoms with Crippen LogP contribution in [0.4, 0.5) is 17.3 Å². The molecule has 2 aromatic heterocycles. The molecule has 8 rings (SSSR count). The third kappa shape index (κ3) is 4.40. The fourth-order valence-corrected chi connectivity index (χ4v) is 9.92. The van der Waals surface area contributed by atoms with Gasteiger partial charge in [0, 0.05) is 33.7 Å². The summed E-state index contributed by atoms with van der Waals surface area (Å²) in [4.78, 5) is 0. The first-order chi connectivity index (χ1) is 25.4. The first kappa shape index (κ1) is 36.1. The molecule has 0 radical (unpaired) electrons. The van der Waals surface area contributed by atoms with Crippen LogP contribution in [0.15, 0.2) is 82.2 Å². The predicted octanol–water partition coefficient (Wildman–Crippen LogP) is 10.8. The lowest BCUT2D eigenvalue weighted by molar-refractivity contribution is -0.377. The van der Waals surface area contributed by atoms with E-state index in [-0.39, 0.29) is 11.4 Å². The van der Waals surface area contributed by atoms with Crippen molar-refractivity contribution in [1.82, 2.24) is 8.96 Å². The van der Waals surface area contributed by atoms with Crippen LogP contribution in [0.1, 0.15) is 108 Å². The molecule has 4 aromatic rings. The SMILES string of the molecule is CCC1=C(C)C2=C(c3ccc(C)cc3)c3c(C)c(C)c(C)n3[B-](F)(F)[N+]2=C1C1=[N+]2C(=C(c3ccc(C)cc3)c3c(C)c(C)c(C)n3[B-]2(F)F)C(C)=C1CC. The summed E-state index contributed by atoms with van der Waals surface area (Å²) >= 11 is 0. The number of nitrogens with zero attached hydrogens (tertiary/aromatic N) is 4. The van der Waals surface area contributed by atoms with E-state index in [4.69, 9.17) is 0 Å². The highest BCUT2D eigenvalue weighted by Gasteiger charge is 2.63. The van der Waals surface area contributed by atoms with Crippen LogP contribution in [0.2, 0.25) is 0 Å². The van der Waals surface area contributed by atoms with Gasteiger partial charge in [-0.2, -0.15) is 0 Å². The van der Waals surface area contributed by atoms with Crippen LogP contribution in [0.5, 0.6) is 0 Å². The highest BCUT2D eigenvalue weighted by Crippen LogP contribution is 2.51. The summed E-state index contributed by atoms with van der Waals surface area (Å²) in [5.74, 6) is 0. The van der Waals surface area contributed by atoms with Crippen molar-refractivity contribution in [2.45, 2.75) is 95.9 Å². The van der Waals surface area contributed by atoms with Crippen LogP contribution in [0.25, 0.3) is 11.1 Å². The van der Waals surface area contributed by atoms with Gasteiger partial charge in [0.25, 0.3) is 0 Å². The smallest absolute Gasteiger partial charge is 0.393 e. The number of aromatic nitrogens is 2. The number of benzene rings is 2. The molecule has 4 aliphatic heterocycles. The summed E-state index contributed by atoms with van der Waals surface area (Å²) in [5.41, 5.74) is 14.2. The minimum absolute atomic E-state index is 0.186. The average Bonchev–Trinajstić information content (AvgIpc) is 3.76. The van der Waals surface area contributed by atoms with Crippen molar-refractivity contribution < 1.29 is 26.2 Å². The van der Waals surface area contributed by atoms with E-state index in [1.165, 1.54) is 17.9 Å². The van der Waals surface area contributed by atoms with Crippen molar-refractivity contribution in [2.75, 3.05) is 0 Å². The molecule has 4 nitrogen and oxygen atoms in total. The van der Waals surface area contributed by atoms with Gasteiger partial charge in [-0.15, -0.1) is 0 Å². The van der Waals surface area contributed by atoms with E-state index < -0.39 is 13.9 Å². The molecule has 0 bridgehead atoms. The normalized spacial score (nSPS) is 18.7. The van der Waals surface area contributed by atoms with Gasteiger partial charge in [-0.3, -0.25) is 0 Å². The Balaban J connectivity index is 1.61. The zero-order valence-electron chi connectivity index (χ0n) is 33.5. The van der Waals surface area contributed by atoms with E-state index in [2.05, 4.69) is 0 Å². The van der Waals surface area contributed by atoms with Crippen molar-refractivity contribution in [2.24, 2.45) is 0 Å². The Morgan fingerprint density at radius 1 is 0.481 bits per heavy atom. The van der Waals surface area contributed by atoms with Crippen LogP contribution in [-0.2, 0) is 0 Å². The maximum atomic E-state index is 18.1. The summed E-state index contributed by atoms with van der Waals surface area (Å²) in [7, 11) is 0. The number of rotatable bonds is 5. The number of hydrogen-bond donors (Lipinski definition) is 0. The number of aryl methyl sites for hydroxylation is 2. The van der Waals surface area contributed by atoms with Gasteiger partial charge in [0.1, 0.15) is 0 Å². The summed E-state index contributed by atoms with van der Waals surface area (Å²) < 4.78 is 77.0. The molecule has 0 saturated heterocycles. The monoisotopic (exact) mass is 730 g/mol. The minimum Gasteiger partial charge on any atom is -0.393 e. The molecular weight excluding hydrogens is 682 g/mol. The Morgan fingerprint density at radius 3 is 1.09 bits per heavy atom. The Hall–Kier alpha value is -4.85. The lowest BCUT2D eigenvalue weighted by Gasteiger charge is -2.35. The van der Waals surface area contributed by atoms with E-state index in [9.17, 15) is 0 Å². The zero-order chi connectivity index (χ0) is 39.1. The van der Waals surface area contributed by atoms with Crippen LogP contribution in [0, 0.1) is 55.4 Å². The number of halogens is 4. The Bertz CT molecular complexity index is 2400. The molecule has 2 aromatic carbocycles. The molecule has 0 atom stereocenters. The zero-order valence-corrected chi connectivity index (χ0v) is 33.5. The van der Waals surface area contributed by atoms with Crippen molar-refractivity contribution in [3.8, 4) is 0 Å². The number of allylic oxidation sites excluding steroid dienone is 4. The van der Waals surface area contributed by atoms with E-state index >= 15 is 17.3 Å². The molecule has 6 heterocycles. The lowest BCUT2D eigenvalue weighted by Crippen LogP contribution is -2.56. The number of hydrogen-bond acceptors (Lipinski definition) is 0. The third-order valence-electron chi connectivity index (χ3n) is 13.1.